The van der Waals surface area contributed by atoms with Crippen LogP contribution in [0, 0.1) is 0 Å². The first-order chi connectivity index (χ1) is 9.52. The van der Waals surface area contributed by atoms with Crippen LogP contribution < -0.4 is 11.0 Å². The van der Waals surface area contributed by atoms with E-state index in [1.165, 1.54) is 11.8 Å². The quantitative estimate of drug-likeness (QED) is 0.891. The Morgan fingerprint density at radius 2 is 2.25 bits per heavy atom. The molecule has 0 fully saturated rings. The zero-order valence-electron chi connectivity index (χ0n) is 11.6. The van der Waals surface area contributed by atoms with E-state index in [1.54, 1.807) is 4.57 Å². The van der Waals surface area contributed by atoms with Gasteiger partial charge >= 0.3 is 5.69 Å². The van der Waals surface area contributed by atoms with E-state index in [-0.39, 0.29) is 11.7 Å². The SMILES string of the molecule is CNCc1ccc(Cl)cc1Sc1n[nH]c(=O)n1C(C)C. The molecule has 2 N–H and O–H groups in total. The number of rotatable bonds is 5. The maximum Gasteiger partial charge on any atom is 0.344 e. The summed E-state index contributed by atoms with van der Waals surface area (Å²) in [4.78, 5) is 12.7. The number of nitrogens with zero attached hydrogens (tertiary/aromatic N) is 2. The third kappa shape index (κ3) is 3.26. The molecule has 0 atom stereocenters. The normalized spacial score (nSPS) is 11.2. The van der Waals surface area contributed by atoms with Gasteiger partial charge in [0.2, 0.25) is 0 Å². The zero-order valence-corrected chi connectivity index (χ0v) is 13.2. The molecule has 20 heavy (non-hydrogen) atoms. The van der Waals surface area contributed by atoms with E-state index in [9.17, 15) is 4.79 Å². The number of hydrogen-bond acceptors (Lipinski definition) is 4. The molecule has 1 aromatic heterocycles. The van der Waals surface area contributed by atoms with Crippen molar-refractivity contribution in [2.24, 2.45) is 0 Å². The molecule has 0 saturated carbocycles. The summed E-state index contributed by atoms with van der Waals surface area (Å²) in [6.45, 7) is 4.64. The van der Waals surface area contributed by atoms with Gasteiger partial charge in [-0.2, -0.15) is 0 Å². The van der Waals surface area contributed by atoms with Crippen LogP contribution in [-0.2, 0) is 6.54 Å². The highest BCUT2D eigenvalue weighted by molar-refractivity contribution is 7.99. The monoisotopic (exact) mass is 312 g/mol. The van der Waals surface area contributed by atoms with Crippen molar-refractivity contribution in [3.63, 3.8) is 0 Å². The lowest BCUT2D eigenvalue weighted by molar-refractivity contribution is 0.534. The molecule has 5 nitrogen and oxygen atoms in total. The summed E-state index contributed by atoms with van der Waals surface area (Å²) in [5.41, 5.74) is 0.923. The molecule has 0 spiro atoms. The van der Waals surface area contributed by atoms with E-state index < -0.39 is 0 Å². The van der Waals surface area contributed by atoms with E-state index in [4.69, 9.17) is 11.6 Å². The summed E-state index contributed by atoms with van der Waals surface area (Å²) in [5.74, 6) is 0. The molecule has 7 heteroatoms. The van der Waals surface area contributed by atoms with Crippen LogP contribution in [0.15, 0.2) is 33.0 Å². The minimum Gasteiger partial charge on any atom is -0.316 e. The maximum absolute atomic E-state index is 11.7. The van der Waals surface area contributed by atoms with Crippen molar-refractivity contribution in [1.82, 2.24) is 20.1 Å². The van der Waals surface area contributed by atoms with Crippen molar-refractivity contribution in [2.45, 2.75) is 36.5 Å². The number of benzene rings is 1. The summed E-state index contributed by atoms with van der Waals surface area (Å²) < 4.78 is 1.63. The summed E-state index contributed by atoms with van der Waals surface area (Å²) in [7, 11) is 1.89. The van der Waals surface area contributed by atoms with Crippen LogP contribution in [0.1, 0.15) is 25.5 Å². The Labute approximate surface area is 126 Å². The second-order valence-electron chi connectivity index (χ2n) is 4.66. The Bertz CT molecular complexity index is 650. The largest absolute Gasteiger partial charge is 0.344 e. The van der Waals surface area contributed by atoms with E-state index in [1.807, 2.05) is 39.1 Å². The Hall–Kier alpha value is -1.24. The predicted molar refractivity (Wildman–Crippen MR) is 81.6 cm³/mol. The van der Waals surface area contributed by atoms with Crippen molar-refractivity contribution in [3.05, 3.63) is 39.3 Å². The molecule has 2 aromatic rings. The third-order valence-electron chi connectivity index (χ3n) is 2.79. The molecule has 0 amide bonds. The van der Waals surface area contributed by atoms with Crippen molar-refractivity contribution in [2.75, 3.05) is 7.05 Å². The minimum absolute atomic E-state index is 0.0516. The van der Waals surface area contributed by atoms with Crippen LogP contribution in [0.4, 0.5) is 0 Å². The number of aromatic amines is 1. The number of nitrogens with one attached hydrogen (secondary N) is 2. The van der Waals surface area contributed by atoms with Gasteiger partial charge in [-0.15, -0.1) is 5.10 Å². The summed E-state index contributed by atoms with van der Waals surface area (Å²) >= 11 is 7.50. The Kier molecular flexibility index (Phi) is 4.91. The number of aromatic nitrogens is 3. The molecule has 108 valence electrons. The van der Waals surface area contributed by atoms with Gasteiger partial charge in [-0.25, -0.2) is 9.89 Å². The molecule has 0 saturated heterocycles. The second-order valence-corrected chi connectivity index (χ2v) is 6.11. The zero-order chi connectivity index (χ0) is 14.7. The van der Waals surface area contributed by atoms with Gasteiger partial charge in [0.25, 0.3) is 0 Å². The highest BCUT2D eigenvalue weighted by Crippen LogP contribution is 2.31. The summed E-state index contributed by atoms with van der Waals surface area (Å²) in [6, 6.07) is 5.78. The van der Waals surface area contributed by atoms with Gasteiger partial charge in [-0.05, 0) is 50.4 Å². The van der Waals surface area contributed by atoms with Gasteiger partial charge < -0.3 is 5.32 Å². The van der Waals surface area contributed by atoms with Crippen LogP contribution in [0.2, 0.25) is 5.02 Å². The lowest BCUT2D eigenvalue weighted by Gasteiger charge is -2.11. The smallest absolute Gasteiger partial charge is 0.316 e. The van der Waals surface area contributed by atoms with Crippen LogP contribution in [0.3, 0.4) is 0 Å². The van der Waals surface area contributed by atoms with E-state index in [0.717, 1.165) is 17.0 Å². The fourth-order valence-corrected chi connectivity index (χ4v) is 3.25. The van der Waals surface area contributed by atoms with E-state index >= 15 is 0 Å². The van der Waals surface area contributed by atoms with Gasteiger partial charge in [0.15, 0.2) is 5.16 Å². The highest BCUT2D eigenvalue weighted by atomic mass is 35.5. The molecule has 1 aromatic carbocycles. The van der Waals surface area contributed by atoms with Crippen LogP contribution in [0.5, 0.6) is 0 Å². The average molecular weight is 313 g/mol. The lowest BCUT2D eigenvalue weighted by atomic mass is 10.2. The molecule has 0 radical (unpaired) electrons. The molecular weight excluding hydrogens is 296 g/mol. The summed E-state index contributed by atoms with van der Waals surface area (Å²) in [6.07, 6.45) is 0. The molecule has 0 aliphatic rings. The average Bonchev–Trinajstić information content (AvgIpc) is 2.74. The molecule has 0 aliphatic heterocycles. The van der Waals surface area contributed by atoms with E-state index in [2.05, 4.69) is 15.5 Å². The fourth-order valence-electron chi connectivity index (χ4n) is 1.88. The van der Waals surface area contributed by atoms with Crippen molar-refractivity contribution >= 4 is 23.4 Å². The van der Waals surface area contributed by atoms with Crippen LogP contribution in [0.25, 0.3) is 0 Å². The summed E-state index contributed by atoms with van der Waals surface area (Å²) in [5, 5.41) is 11.0. The van der Waals surface area contributed by atoms with Gasteiger partial charge in [0.1, 0.15) is 0 Å². The number of H-pyrrole nitrogens is 1. The first kappa shape index (κ1) is 15.2. The van der Waals surface area contributed by atoms with Crippen LogP contribution in [-0.4, -0.2) is 21.8 Å². The molecule has 0 bridgehead atoms. The van der Waals surface area contributed by atoms with Crippen LogP contribution >= 0.6 is 23.4 Å². The lowest BCUT2D eigenvalue weighted by Crippen LogP contribution is -2.19. The molecule has 0 unspecified atom stereocenters. The standard InChI is InChI=1S/C13H17ClN4OS/c1-8(2)18-12(19)16-17-13(18)20-11-6-10(14)5-4-9(11)7-15-3/h4-6,8,15H,7H2,1-3H3,(H,16,19). The topological polar surface area (TPSA) is 62.7 Å². The molecule has 0 aliphatic carbocycles. The highest BCUT2D eigenvalue weighted by Gasteiger charge is 2.14. The van der Waals surface area contributed by atoms with E-state index in [0.29, 0.717) is 10.2 Å². The first-order valence-corrected chi connectivity index (χ1v) is 7.50. The second kappa shape index (κ2) is 6.47. The fraction of sp³-hybridized carbons (Fsp3) is 0.385. The van der Waals surface area contributed by atoms with Gasteiger partial charge in [0, 0.05) is 22.5 Å². The van der Waals surface area contributed by atoms with Gasteiger partial charge in [-0.3, -0.25) is 4.57 Å². The van der Waals surface area contributed by atoms with Gasteiger partial charge in [0.05, 0.1) is 0 Å². The number of hydrogen-bond donors (Lipinski definition) is 2. The van der Waals surface area contributed by atoms with Crippen molar-refractivity contribution < 1.29 is 0 Å². The molecular formula is C13H17ClN4OS. The van der Waals surface area contributed by atoms with Crippen molar-refractivity contribution in [1.29, 1.82) is 0 Å². The third-order valence-corrected chi connectivity index (χ3v) is 4.09. The Balaban J connectivity index is 2.39. The first-order valence-electron chi connectivity index (χ1n) is 6.30. The maximum atomic E-state index is 11.7. The molecule has 1 heterocycles. The van der Waals surface area contributed by atoms with Crippen molar-refractivity contribution in [3.8, 4) is 0 Å². The van der Waals surface area contributed by atoms with Gasteiger partial charge in [-0.1, -0.05) is 17.7 Å². The minimum atomic E-state index is -0.195. The number of halogens is 1. The Morgan fingerprint density at radius 3 is 2.90 bits per heavy atom. The predicted octanol–water partition coefficient (Wildman–Crippen LogP) is 2.68. The molecule has 2 rings (SSSR count). The Morgan fingerprint density at radius 1 is 1.50 bits per heavy atom.